The lowest BCUT2D eigenvalue weighted by Gasteiger charge is -2.13. The number of benzene rings is 1. The van der Waals surface area contributed by atoms with Crippen LogP contribution in [0, 0.1) is 0 Å². The molecule has 0 bridgehead atoms. The molecule has 0 fully saturated rings. The van der Waals surface area contributed by atoms with E-state index in [1.165, 1.54) is 5.56 Å². The summed E-state index contributed by atoms with van der Waals surface area (Å²) in [4.78, 5) is 0. The van der Waals surface area contributed by atoms with Gasteiger partial charge in [0, 0.05) is 19.8 Å². The van der Waals surface area contributed by atoms with Crippen molar-refractivity contribution >= 4 is 11.6 Å². The van der Waals surface area contributed by atoms with E-state index in [-0.39, 0.29) is 0 Å². The number of methoxy groups -OCH3 is 2. The summed E-state index contributed by atoms with van der Waals surface area (Å²) >= 11 is 6.33. The number of nitrogens with zero attached hydrogens (tertiary/aromatic N) is 2. The van der Waals surface area contributed by atoms with Crippen LogP contribution in [0.5, 0.6) is 11.5 Å². The minimum Gasteiger partial charge on any atom is -0.493 e. The SMILES string of the molecule is COc1ccc(CNCCc2cnn(C)c2)c(Cl)c1OC. The van der Waals surface area contributed by atoms with Gasteiger partial charge in [0.1, 0.15) is 0 Å². The molecule has 1 aromatic carbocycles. The van der Waals surface area contributed by atoms with Crippen molar-refractivity contribution in [3.8, 4) is 11.5 Å². The molecule has 2 rings (SSSR count). The maximum absolute atomic E-state index is 6.33. The van der Waals surface area contributed by atoms with Gasteiger partial charge < -0.3 is 14.8 Å². The molecule has 0 saturated carbocycles. The van der Waals surface area contributed by atoms with Gasteiger partial charge in [-0.3, -0.25) is 4.68 Å². The van der Waals surface area contributed by atoms with Crippen molar-refractivity contribution in [3.05, 3.63) is 40.7 Å². The lowest BCUT2D eigenvalue weighted by atomic mass is 10.2. The maximum atomic E-state index is 6.33. The highest BCUT2D eigenvalue weighted by Gasteiger charge is 2.12. The molecule has 1 N–H and O–H groups in total. The summed E-state index contributed by atoms with van der Waals surface area (Å²) in [5, 5.41) is 8.11. The Bertz CT molecular complexity index is 599. The van der Waals surface area contributed by atoms with E-state index in [0.717, 1.165) is 18.5 Å². The second kappa shape index (κ2) is 7.33. The Morgan fingerprint density at radius 1 is 1.29 bits per heavy atom. The summed E-state index contributed by atoms with van der Waals surface area (Å²) in [6.07, 6.45) is 4.83. The van der Waals surface area contributed by atoms with Gasteiger partial charge in [-0.1, -0.05) is 17.7 Å². The Balaban J connectivity index is 1.91. The van der Waals surface area contributed by atoms with Crippen molar-refractivity contribution in [2.75, 3.05) is 20.8 Å². The van der Waals surface area contributed by atoms with Crippen molar-refractivity contribution in [2.24, 2.45) is 7.05 Å². The van der Waals surface area contributed by atoms with Gasteiger partial charge in [0.15, 0.2) is 11.5 Å². The molecule has 0 aliphatic carbocycles. The van der Waals surface area contributed by atoms with Crippen molar-refractivity contribution in [1.29, 1.82) is 0 Å². The molecule has 2 aromatic rings. The highest BCUT2D eigenvalue weighted by atomic mass is 35.5. The summed E-state index contributed by atoms with van der Waals surface area (Å²) in [5.74, 6) is 1.22. The molecule has 0 amide bonds. The van der Waals surface area contributed by atoms with Crippen LogP contribution in [-0.4, -0.2) is 30.5 Å². The van der Waals surface area contributed by atoms with Crippen LogP contribution in [0.1, 0.15) is 11.1 Å². The number of halogens is 1. The molecular formula is C15H20ClN3O2. The number of aromatic nitrogens is 2. The van der Waals surface area contributed by atoms with Crippen molar-refractivity contribution in [2.45, 2.75) is 13.0 Å². The zero-order valence-corrected chi connectivity index (χ0v) is 13.3. The van der Waals surface area contributed by atoms with Crippen molar-refractivity contribution < 1.29 is 9.47 Å². The molecule has 0 aliphatic rings. The molecule has 0 saturated heterocycles. The van der Waals surface area contributed by atoms with E-state index in [1.54, 1.807) is 18.9 Å². The van der Waals surface area contributed by atoms with Crippen LogP contribution in [0.2, 0.25) is 5.02 Å². The molecule has 114 valence electrons. The van der Waals surface area contributed by atoms with Crippen LogP contribution >= 0.6 is 11.6 Å². The first-order valence-corrected chi connectivity index (χ1v) is 7.11. The highest BCUT2D eigenvalue weighted by Crippen LogP contribution is 2.37. The van der Waals surface area contributed by atoms with Gasteiger partial charge >= 0.3 is 0 Å². The van der Waals surface area contributed by atoms with Crippen molar-refractivity contribution in [1.82, 2.24) is 15.1 Å². The highest BCUT2D eigenvalue weighted by molar-refractivity contribution is 6.33. The third kappa shape index (κ3) is 3.89. The smallest absolute Gasteiger partial charge is 0.179 e. The quantitative estimate of drug-likeness (QED) is 0.798. The molecule has 0 spiro atoms. The van der Waals surface area contributed by atoms with Gasteiger partial charge in [-0.05, 0) is 30.2 Å². The molecule has 1 aromatic heterocycles. The third-order valence-corrected chi connectivity index (χ3v) is 3.64. The second-order valence-electron chi connectivity index (χ2n) is 4.72. The largest absolute Gasteiger partial charge is 0.493 e. The summed E-state index contributed by atoms with van der Waals surface area (Å²) < 4.78 is 12.3. The first kappa shape index (κ1) is 15.7. The Morgan fingerprint density at radius 2 is 2.10 bits per heavy atom. The van der Waals surface area contributed by atoms with Crippen LogP contribution in [0.4, 0.5) is 0 Å². The average Bonchev–Trinajstić information content (AvgIpc) is 2.90. The van der Waals surface area contributed by atoms with Gasteiger partial charge in [-0.2, -0.15) is 5.10 Å². The maximum Gasteiger partial charge on any atom is 0.179 e. The lowest BCUT2D eigenvalue weighted by molar-refractivity contribution is 0.354. The summed E-state index contributed by atoms with van der Waals surface area (Å²) in [7, 11) is 5.10. The van der Waals surface area contributed by atoms with E-state index in [4.69, 9.17) is 21.1 Å². The summed E-state index contributed by atoms with van der Waals surface area (Å²) in [6.45, 7) is 1.54. The fourth-order valence-electron chi connectivity index (χ4n) is 2.12. The third-order valence-electron chi connectivity index (χ3n) is 3.23. The van der Waals surface area contributed by atoms with Gasteiger partial charge in [0.25, 0.3) is 0 Å². The molecule has 0 unspecified atom stereocenters. The van der Waals surface area contributed by atoms with Crippen LogP contribution in [0.3, 0.4) is 0 Å². The van der Waals surface area contributed by atoms with E-state index in [2.05, 4.69) is 10.4 Å². The van der Waals surface area contributed by atoms with Gasteiger partial charge in [0.05, 0.1) is 25.4 Å². The fraction of sp³-hybridized carbons (Fsp3) is 0.400. The molecule has 0 aliphatic heterocycles. The summed E-state index contributed by atoms with van der Waals surface area (Å²) in [6, 6.07) is 3.81. The predicted octanol–water partition coefficient (Wildman–Crippen LogP) is 2.42. The second-order valence-corrected chi connectivity index (χ2v) is 5.10. The minimum absolute atomic E-state index is 0.575. The first-order valence-electron chi connectivity index (χ1n) is 6.73. The Hall–Kier alpha value is -1.72. The Labute approximate surface area is 129 Å². The number of rotatable bonds is 7. The zero-order valence-electron chi connectivity index (χ0n) is 12.5. The molecule has 21 heavy (non-hydrogen) atoms. The molecular weight excluding hydrogens is 290 g/mol. The van der Waals surface area contributed by atoms with E-state index < -0.39 is 0 Å². The van der Waals surface area contributed by atoms with E-state index in [0.29, 0.717) is 23.1 Å². The van der Waals surface area contributed by atoms with Gasteiger partial charge in [-0.25, -0.2) is 0 Å². The van der Waals surface area contributed by atoms with E-state index >= 15 is 0 Å². The molecule has 0 radical (unpaired) electrons. The van der Waals surface area contributed by atoms with Crippen LogP contribution in [0.15, 0.2) is 24.5 Å². The summed E-state index contributed by atoms with van der Waals surface area (Å²) in [5.41, 5.74) is 2.20. The minimum atomic E-state index is 0.575. The van der Waals surface area contributed by atoms with Gasteiger partial charge in [-0.15, -0.1) is 0 Å². The molecule has 5 nitrogen and oxygen atoms in total. The number of aryl methyl sites for hydroxylation is 1. The normalized spacial score (nSPS) is 10.7. The van der Waals surface area contributed by atoms with Gasteiger partial charge in [0.2, 0.25) is 0 Å². The van der Waals surface area contributed by atoms with E-state index in [9.17, 15) is 0 Å². The number of nitrogens with one attached hydrogen (secondary N) is 1. The Morgan fingerprint density at radius 3 is 2.71 bits per heavy atom. The Kier molecular flexibility index (Phi) is 5.47. The standard InChI is InChI=1S/C15H20ClN3O2/c1-19-10-11(8-18-19)6-7-17-9-12-4-5-13(20-2)15(21-3)14(12)16/h4-5,8,10,17H,6-7,9H2,1-3H3. The zero-order chi connectivity index (χ0) is 15.2. The molecule has 6 heteroatoms. The average molecular weight is 310 g/mol. The molecule has 1 heterocycles. The number of ether oxygens (including phenoxy) is 2. The van der Waals surface area contributed by atoms with Crippen LogP contribution in [0.25, 0.3) is 0 Å². The number of hydrogen-bond acceptors (Lipinski definition) is 4. The topological polar surface area (TPSA) is 48.3 Å². The first-order chi connectivity index (χ1) is 10.2. The lowest BCUT2D eigenvalue weighted by Crippen LogP contribution is -2.17. The monoisotopic (exact) mass is 309 g/mol. The van der Waals surface area contributed by atoms with Crippen LogP contribution in [-0.2, 0) is 20.0 Å². The fourth-order valence-corrected chi connectivity index (χ4v) is 2.42. The van der Waals surface area contributed by atoms with Crippen molar-refractivity contribution in [3.63, 3.8) is 0 Å². The van der Waals surface area contributed by atoms with E-state index in [1.807, 2.05) is 31.6 Å². The molecule has 0 atom stereocenters. The predicted molar refractivity (Wildman–Crippen MR) is 83.2 cm³/mol. The van der Waals surface area contributed by atoms with Crippen LogP contribution < -0.4 is 14.8 Å². The number of hydrogen-bond donors (Lipinski definition) is 1.